The highest BCUT2D eigenvalue weighted by atomic mass is 15.2. The molecule has 2 N–H and O–H groups in total. The van der Waals surface area contributed by atoms with Crippen LogP contribution in [0.15, 0.2) is 115 Å². The number of aryl methyl sites for hydroxylation is 1. The lowest BCUT2D eigenvalue weighted by Crippen LogP contribution is -2.51. The minimum atomic E-state index is -0.739. The molecule has 0 bridgehead atoms. The first-order valence-corrected chi connectivity index (χ1v) is 10.9. The highest BCUT2D eigenvalue weighted by molar-refractivity contribution is 5.83. The zero-order valence-electron chi connectivity index (χ0n) is 18.3. The molecule has 0 saturated carbocycles. The lowest BCUT2D eigenvalue weighted by molar-refractivity contribution is 0.563. The van der Waals surface area contributed by atoms with E-state index in [1.165, 1.54) is 0 Å². The summed E-state index contributed by atoms with van der Waals surface area (Å²) in [5.41, 5.74) is 2.41. The van der Waals surface area contributed by atoms with E-state index in [1.54, 1.807) is 12.5 Å². The Kier molecular flexibility index (Phi) is 7.14. The van der Waals surface area contributed by atoms with Crippen molar-refractivity contribution in [2.24, 2.45) is 4.99 Å². The number of imidazole rings is 1. The van der Waals surface area contributed by atoms with Gasteiger partial charge in [0.15, 0.2) is 6.19 Å². The molecule has 6 heteroatoms. The minimum Gasteiger partial charge on any atom is -0.338 e. The van der Waals surface area contributed by atoms with E-state index in [2.05, 4.69) is 52.0 Å². The largest absolute Gasteiger partial charge is 0.338 e. The number of aliphatic imine (C=N–C) groups is 1. The van der Waals surface area contributed by atoms with Crippen LogP contribution in [0.2, 0.25) is 0 Å². The van der Waals surface area contributed by atoms with E-state index < -0.39 is 5.54 Å². The zero-order valence-corrected chi connectivity index (χ0v) is 18.3. The van der Waals surface area contributed by atoms with Crippen molar-refractivity contribution < 1.29 is 0 Å². The van der Waals surface area contributed by atoms with Gasteiger partial charge < -0.3 is 9.88 Å². The SMILES string of the molecule is N#CNC(=NCCCn1ccnc1)NC(c1ccccc1)(c1ccccc1)c1ccccc1. The van der Waals surface area contributed by atoms with Gasteiger partial charge in [0, 0.05) is 25.5 Å². The van der Waals surface area contributed by atoms with E-state index in [9.17, 15) is 5.26 Å². The predicted octanol–water partition coefficient (Wildman–Crippen LogP) is 4.28. The van der Waals surface area contributed by atoms with E-state index in [0.717, 1.165) is 29.7 Å². The Labute approximate surface area is 194 Å². The molecule has 0 fully saturated rings. The third-order valence-electron chi connectivity index (χ3n) is 5.50. The molecule has 1 heterocycles. The molecule has 4 rings (SSSR count). The summed E-state index contributed by atoms with van der Waals surface area (Å²) in [5, 5.41) is 15.8. The average molecular weight is 435 g/mol. The molecule has 4 aromatic rings. The highest BCUT2D eigenvalue weighted by Crippen LogP contribution is 2.36. The fraction of sp³-hybridized carbons (Fsp3) is 0.148. The lowest BCUT2D eigenvalue weighted by Gasteiger charge is -2.37. The molecule has 0 amide bonds. The summed E-state index contributed by atoms with van der Waals surface area (Å²) in [4.78, 5) is 8.79. The van der Waals surface area contributed by atoms with E-state index in [1.807, 2.05) is 71.6 Å². The van der Waals surface area contributed by atoms with Gasteiger partial charge in [-0.3, -0.25) is 10.3 Å². The Bertz CT molecular complexity index is 1080. The third-order valence-corrected chi connectivity index (χ3v) is 5.50. The van der Waals surface area contributed by atoms with Crippen molar-refractivity contribution in [2.45, 2.75) is 18.5 Å². The molecule has 6 nitrogen and oxygen atoms in total. The van der Waals surface area contributed by atoms with Crippen LogP contribution in [-0.4, -0.2) is 22.1 Å². The summed E-state index contributed by atoms with van der Waals surface area (Å²) in [6, 6.07) is 30.7. The van der Waals surface area contributed by atoms with Crippen LogP contribution in [0.4, 0.5) is 0 Å². The third kappa shape index (κ3) is 5.10. The quantitative estimate of drug-likeness (QED) is 0.108. The van der Waals surface area contributed by atoms with E-state index in [0.29, 0.717) is 12.5 Å². The van der Waals surface area contributed by atoms with Crippen LogP contribution in [0.3, 0.4) is 0 Å². The van der Waals surface area contributed by atoms with Crippen LogP contribution in [0.25, 0.3) is 0 Å². The zero-order chi connectivity index (χ0) is 22.8. The molecule has 0 atom stereocenters. The summed E-state index contributed by atoms with van der Waals surface area (Å²) < 4.78 is 2.02. The Morgan fingerprint density at radius 2 is 1.42 bits per heavy atom. The molecule has 0 aliphatic rings. The lowest BCUT2D eigenvalue weighted by atomic mass is 9.77. The van der Waals surface area contributed by atoms with Crippen molar-refractivity contribution in [3.63, 3.8) is 0 Å². The monoisotopic (exact) mass is 434 g/mol. The topological polar surface area (TPSA) is 78.0 Å². The summed E-state index contributed by atoms with van der Waals surface area (Å²) in [6.45, 7) is 1.37. The van der Waals surface area contributed by atoms with Gasteiger partial charge in [-0.25, -0.2) is 4.98 Å². The molecule has 1 aromatic heterocycles. The van der Waals surface area contributed by atoms with Gasteiger partial charge in [-0.1, -0.05) is 91.0 Å². The smallest absolute Gasteiger partial charge is 0.205 e. The van der Waals surface area contributed by atoms with Crippen molar-refractivity contribution in [2.75, 3.05) is 6.54 Å². The Morgan fingerprint density at radius 3 is 1.88 bits per heavy atom. The first-order valence-electron chi connectivity index (χ1n) is 10.9. The van der Waals surface area contributed by atoms with Crippen molar-refractivity contribution >= 4 is 5.96 Å². The van der Waals surface area contributed by atoms with Crippen molar-refractivity contribution in [3.8, 4) is 6.19 Å². The maximum atomic E-state index is 9.46. The van der Waals surface area contributed by atoms with Crippen LogP contribution < -0.4 is 10.6 Å². The molecule has 0 aliphatic heterocycles. The fourth-order valence-corrected chi connectivity index (χ4v) is 3.98. The molecule has 0 aliphatic carbocycles. The number of nitrogens with zero attached hydrogens (tertiary/aromatic N) is 4. The van der Waals surface area contributed by atoms with Gasteiger partial charge in [0.1, 0.15) is 5.54 Å². The molecular weight excluding hydrogens is 408 g/mol. The molecule has 0 unspecified atom stereocenters. The van der Waals surface area contributed by atoms with E-state index >= 15 is 0 Å². The Balaban J connectivity index is 1.74. The first kappa shape index (κ1) is 21.8. The number of guanidine groups is 1. The average Bonchev–Trinajstić information content (AvgIpc) is 3.40. The fourth-order valence-electron chi connectivity index (χ4n) is 3.98. The maximum absolute atomic E-state index is 9.46. The van der Waals surface area contributed by atoms with Crippen molar-refractivity contribution in [3.05, 3.63) is 126 Å². The predicted molar refractivity (Wildman–Crippen MR) is 130 cm³/mol. The van der Waals surface area contributed by atoms with E-state index in [4.69, 9.17) is 4.99 Å². The minimum absolute atomic E-state index is 0.430. The number of hydrogen-bond donors (Lipinski definition) is 2. The molecule has 164 valence electrons. The van der Waals surface area contributed by atoms with Crippen LogP contribution >= 0.6 is 0 Å². The molecule has 33 heavy (non-hydrogen) atoms. The molecule has 0 spiro atoms. The maximum Gasteiger partial charge on any atom is 0.205 e. The second kappa shape index (κ2) is 10.8. The van der Waals surface area contributed by atoms with E-state index in [-0.39, 0.29) is 0 Å². The van der Waals surface area contributed by atoms with Crippen LogP contribution in [0, 0.1) is 11.5 Å². The van der Waals surface area contributed by atoms with Gasteiger partial charge in [0.05, 0.1) is 6.33 Å². The number of rotatable bonds is 8. The highest BCUT2D eigenvalue weighted by Gasteiger charge is 2.37. The summed E-state index contributed by atoms with van der Waals surface area (Å²) >= 11 is 0. The Morgan fingerprint density at radius 1 is 0.879 bits per heavy atom. The van der Waals surface area contributed by atoms with Gasteiger partial charge >= 0.3 is 0 Å². The number of aromatic nitrogens is 2. The standard InChI is InChI=1S/C27H26N6/c28-21-31-26(30-17-10-19-33-20-18-29-22-33)32-27(23-11-4-1-5-12-23,24-13-6-2-7-14-24)25-15-8-3-9-16-25/h1-9,11-16,18,20,22H,10,17,19H2,(H2,30,31,32). The summed E-state index contributed by atoms with van der Waals surface area (Å²) in [7, 11) is 0. The second-order valence-corrected chi connectivity index (χ2v) is 7.59. The van der Waals surface area contributed by atoms with Gasteiger partial charge in [0.25, 0.3) is 0 Å². The van der Waals surface area contributed by atoms with Gasteiger partial charge in [-0.15, -0.1) is 0 Å². The number of nitriles is 1. The molecule has 0 saturated heterocycles. The normalized spacial score (nSPS) is 11.5. The summed E-state index contributed by atoms with van der Waals surface area (Å²) in [6.07, 6.45) is 8.35. The molecule has 3 aromatic carbocycles. The summed E-state index contributed by atoms with van der Waals surface area (Å²) in [5.74, 6) is 0.430. The van der Waals surface area contributed by atoms with Gasteiger partial charge in [-0.2, -0.15) is 5.26 Å². The Hall–Kier alpha value is -4.37. The van der Waals surface area contributed by atoms with Gasteiger partial charge in [-0.05, 0) is 23.1 Å². The van der Waals surface area contributed by atoms with Gasteiger partial charge in [0.2, 0.25) is 5.96 Å². The first-order chi connectivity index (χ1) is 16.3. The van der Waals surface area contributed by atoms with Crippen molar-refractivity contribution in [1.29, 1.82) is 5.26 Å². The van der Waals surface area contributed by atoms with Crippen LogP contribution in [-0.2, 0) is 12.1 Å². The number of hydrogen-bond acceptors (Lipinski definition) is 3. The van der Waals surface area contributed by atoms with Crippen molar-refractivity contribution in [1.82, 2.24) is 20.2 Å². The number of nitrogens with one attached hydrogen (secondary N) is 2. The second-order valence-electron chi connectivity index (χ2n) is 7.59. The van der Waals surface area contributed by atoms with Crippen LogP contribution in [0.5, 0.6) is 0 Å². The van der Waals surface area contributed by atoms with Crippen LogP contribution in [0.1, 0.15) is 23.1 Å². The molecular formula is C27H26N6. The number of benzene rings is 3. The molecule has 0 radical (unpaired) electrons.